The number of thioether (sulfide) groups is 1. The number of para-hydroxylation sites is 1. The summed E-state index contributed by atoms with van der Waals surface area (Å²) in [5.41, 5.74) is 1.44. The van der Waals surface area contributed by atoms with Crippen LogP contribution in [-0.4, -0.2) is 28.5 Å². The van der Waals surface area contributed by atoms with Crippen LogP contribution >= 0.6 is 34.4 Å². The van der Waals surface area contributed by atoms with Gasteiger partial charge in [0.2, 0.25) is 5.91 Å². The number of amides is 3. The Morgan fingerprint density at radius 3 is 2.52 bits per heavy atom. The second-order valence-electron chi connectivity index (χ2n) is 4.62. The van der Waals surface area contributed by atoms with Gasteiger partial charge in [0.15, 0.2) is 0 Å². The Labute approximate surface area is 140 Å². The monoisotopic (exact) mass is 416 g/mol. The maximum absolute atomic E-state index is 12.1. The summed E-state index contributed by atoms with van der Waals surface area (Å²) in [4.78, 5) is 37.2. The van der Waals surface area contributed by atoms with Crippen LogP contribution in [0.4, 0.5) is 10.5 Å². The van der Waals surface area contributed by atoms with Crippen molar-refractivity contribution in [1.82, 2.24) is 4.90 Å². The maximum Gasteiger partial charge on any atom is 0.294 e. The van der Waals surface area contributed by atoms with Gasteiger partial charge in [0.05, 0.1) is 10.6 Å². The highest BCUT2D eigenvalue weighted by molar-refractivity contribution is 14.1. The lowest BCUT2D eigenvalue weighted by molar-refractivity contribution is -0.127. The van der Waals surface area contributed by atoms with E-state index in [2.05, 4.69) is 27.9 Å². The van der Waals surface area contributed by atoms with Crippen molar-refractivity contribution in [2.24, 2.45) is 0 Å². The molecule has 1 fully saturated rings. The first kappa shape index (κ1) is 16.0. The van der Waals surface area contributed by atoms with Crippen molar-refractivity contribution >= 4 is 57.1 Å². The minimum absolute atomic E-state index is 0.271. The van der Waals surface area contributed by atoms with Gasteiger partial charge >= 0.3 is 0 Å². The molecular formula is C14H13IN2O3S. The number of imide groups is 1. The van der Waals surface area contributed by atoms with Crippen LogP contribution in [0.1, 0.15) is 13.8 Å². The number of nitrogens with zero attached hydrogens (tertiary/aromatic N) is 1. The summed E-state index contributed by atoms with van der Waals surface area (Å²) in [5.74, 6) is -0.792. The van der Waals surface area contributed by atoms with Gasteiger partial charge < -0.3 is 5.32 Å². The molecule has 2 rings (SSSR count). The van der Waals surface area contributed by atoms with Gasteiger partial charge in [0.25, 0.3) is 11.1 Å². The normalized spacial score (nSPS) is 14.6. The number of carbonyl (C=O) groups is 3. The number of halogens is 1. The molecule has 21 heavy (non-hydrogen) atoms. The van der Waals surface area contributed by atoms with Crippen molar-refractivity contribution in [2.45, 2.75) is 13.8 Å². The van der Waals surface area contributed by atoms with Crippen molar-refractivity contribution in [2.75, 3.05) is 11.9 Å². The van der Waals surface area contributed by atoms with Crippen molar-refractivity contribution in [3.8, 4) is 0 Å². The van der Waals surface area contributed by atoms with Crippen LogP contribution in [0.3, 0.4) is 0 Å². The van der Waals surface area contributed by atoms with Crippen molar-refractivity contribution in [3.05, 3.63) is 38.3 Å². The van der Waals surface area contributed by atoms with Gasteiger partial charge in [-0.05, 0) is 60.3 Å². The van der Waals surface area contributed by atoms with Crippen LogP contribution in [0.25, 0.3) is 0 Å². The third-order valence-electron chi connectivity index (χ3n) is 2.75. The summed E-state index contributed by atoms with van der Waals surface area (Å²) >= 11 is 2.98. The molecule has 3 amide bonds. The van der Waals surface area contributed by atoms with Gasteiger partial charge in [0, 0.05) is 3.57 Å². The number of nitrogens with one attached hydrogen (secondary N) is 1. The van der Waals surface area contributed by atoms with Gasteiger partial charge in [-0.3, -0.25) is 19.3 Å². The lowest BCUT2D eigenvalue weighted by Gasteiger charge is -2.13. The lowest BCUT2D eigenvalue weighted by Crippen LogP contribution is -2.36. The fraction of sp³-hybridized carbons (Fsp3) is 0.214. The molecule has 5 nitrogen and oxygen atoms in total. The standard InChI is InChI=1S/C14H13IN2O3S/c1-8(2)12-13(19)17(14(20)21-12)7-11(18)16-10-6-4-3-5-9(10)15/h3-6H,7H2,1-2H3,(H,16,18). The SMILES string of the molecule is CC(C)=C1SC(=O)N(CC(=O)Nc2ccccc2I)C1=O. The molecule has 1 saturated heterocycles. The topological polar surface area (TPSA) is 66.5 Å². The molecule has 110 valence electrons. The molecule has 1 N–H and O–H groups in total. The second kappa shape index (κ2) is 6.61. The fourth-order valence-corrected chi connectivity index (χ4v) is 3.10. The van der Waals surface area contributed by atoms with E-state index in [1.54, 1.807) is 26.0 Å². The minimum Gasteiger partial charge on any atom is -0.324 e. The van der Waals surface area contributed by atoms with E-state index in [1.165, 1.54) is 0 Å². The van der Waals surface area contributed by atoms with E-state index in [1.807, 2.05) is 12.1 Å². The smallest absolute Gasteiger partial charge is 0.294 e. The molecule has 0 aromatic heterocycles. The van der Waals surface area contributed by atoms with E-state index in [0.29, 0.717) is 10.6 Å². The molecule has 0 spiro atoms. The van der Waals surface area contributed by atoms with E-state index >= 15 is 0 Å². The molecule has 0 aliphatic carbocycles. The zero-order valence-electron chi connectivity index (χ0n) is 11.5. The summed E-state index contributed by atoms with van der Waals surface area (Å²) in [6.45, 7) is 3.26. The summed E-state index contributed by atoms with van der Waals surface area (Å²) in [7, 11) is 0. The largest absolute Gasteiger partial charge is 0.324 e. The summed E-state index contributed by atoms with van der Waals surface area (Å²) < 4.78 is 0.891. The average Bonchev–Trinajstić information content (AvgIpc) is 2.69. The average molecular weight is 416 g/mol. The number of anilines is 1. The Morgan fingerprint density at radius 1 is 1.29 bits per heavy atom. The molecule has 0 saturated carbocycles. The third-order valence-corrected chi connectivity index (χ3v) is 4.88. The van der Waals surface area contributed by atoms with Gasteiger partial charge in [-0.2, -0.15) is 0 Å². The Morgan fingerprint density at radius 2 is 1.95 bits per heavy atom. The van der Waals surface area contributed by atoms with Gasteiger partial charge in [-0.15, -0.1) is 0 Å². The summed E-state index contributed by atoms with van der Waals surface area (Å²) in [5, 5.41) is 2.30. The summed E-state index contributed by atoms with van der Waals surface area (Å²) in [6, 6.07) is 7.30. The summed E-state index contributed by atoms with van der Waals surface area (Å²) in [6.07, 6.45) is 0. The van der Waals surface area contributed by atoms with E-state index < -0.39 is 17.1 Å². The van der Waals surface area contributed by atoms with Crippen LogP contribution in [-0.2, 0) is 9.59 Å². The number of benzene rings is 1. The van der Waals surface area contributed by atoms with E-state index in [4.69, 9.17) is 0 Å². The predicted octanol–water partition coefficient (Wildman–Crippen LogP) is 3.22. The molecule has 0 bridgehead atoms. The van der Waals surface area contributed by atoms with Crippen LogP contribution in [0, 0.1) is 3.57 Å². The highest BCUT2D eigenvalue weighted by Crippen LogP contribution is 2.32. The number of rotatable bonds is 3. The van der Waals surface area contributed by atoms with Crippen molar-refractivity contribution < 1.29 is 14.4 Å². The molecular weight excluding hydrogens is 403 g/mol. The van der Waals surface area contributed by atoms with Crippen molar-refractivity contribution in [3.63, 3.8) is 0 Å². The maximum atomic E-state index is 12.1. The zero-order valence-corrected chi connectivity index (χ0v) is 14.4. The fourth-order valence-electron chi connectivity index (χ4n) is 1.74. The predicted molar refractivity (Wildman–Crippen MR) is 90.9 cm³/mol. The van der Waals surface area contributed by atoms with Crippen LogP contribution in [0.2, 0.25) is 0 Å². The van der Waals surface area contributed by atoms with Gasteiger partial charge in [0.1, 0.15) is 6.54 Å². The Bertz CT molecular complexity index is 653. The van der Waals surface area contributed by atoms with Crippen molar-refractivity contribution in [1.29, 1.82) is 0 Å². The quantitative estimate of drug-likeness (QED) is 0.607. The van der Waals surface area contributed by atoms with E-state index in [0.717, 1.165) is 25.8 Å². The second-order valence-corrected chi connectivity index (χ2v) is 6.74. The zero-order chi connectivity index (χ0) is 15.6. The molecule has 1 aliphatic rings. The van der Waals surface area contributed by atoms with Crippen LogP contribution in [0.15, 0.2) is 34.7 Å². The van der Waals surface area contributed by atoms with E-state index in [9.17, 15) is 14.4 Å². The first-order valence-electron chi connectivity index (χ1n) is 6.15. The molecule has 1 heterocycles. The first-order valence-corrected chi connectivity index (χ1v) is 8.05. The molecule has 1 aliphatic heterocycles. The third kappa shape index (κ3) is 3.65. The van der Waals surface area contributed by atoms with E-state index in [-0.39, 0.29) is 6.54 Å². The Hall–Kier alpha value is -1.35. The van der Waals surface area contributed by atoms with Gasteiger partial charge in [-0.25, -0.2) is 0 Å². The number of hydrogen-bond acceptors (Lipinski definition) is 4. The van der Waals surface area contributed by atoms with Gasteiger partial charge in [-0.1, -0.05) is 17.7 Å². The van der Waals surface area contributed by atoms with Crippen LogP contribution in [0.5, 0.6) is 0 Å². The molecule has 0 radical (unpaired) electrons. The minimum atomic E-state index is -0.408. The Balaban J connectivity index is 2.07. The lowest BCUT2D eigenvalue weighted by atomic mass is 10.3. The first-order chi connectivity index (χ1) is 9.90. The number of hydrogen-bond donors (Lipinski definition) is 1. The number of allylic oxidation sites excluding steroid dienone is 1. The Kier molecular flexibility index (Phi) is 5.04. The number of carbonyl (C=O) groups excluding carboxylic acids is 3. The van der Waals surface area contributed by atoms with Crippen LogP contribution < -0.4 is 5.32 Å². The molecule has 1 aromatic rings. The molecule has 0 unspecified atom stereocenters. The molecule has 0 atom stereocenters. The highest BCUT2D eigenvalue weighted by atomic mass is 127. The molecule has 7 heteroatoms. The highest BCUT2D eigenvalue weighted by Gasteiger charge is 2.36. The molecule has 1 aromatic carbocycles.